The summed E-state index contributed by atoms with van der Waals surface area (Å²) in [5.41, 5.74) is 0. The zero-order chi connectivity index (χ0) is 8.15. The van der Waals surface area contributed by atoms with Gasteiger partial charge in [-0.15, -0.1) is 0 Å². The highest BCUT2D eigenvalue weighted by molar-refractivity contribution is 5.78. The molecule has 0 aromatic rings. The van der Waals surface area contributed by atoms with E-state index in [0.29, 0.717) is 6.42 Å². The Labute approximate surface area is 61.2 Å². The van der Waals surface area contributed by atoms with Gasteiger partial charge in [-0.25, -0.2) is 0 Å². The van der Waals surface area contributed by atoms with Gasteiger partial charge in [-0.1, -0.05) is 6.92 Å². The lowest BCUT2D eigenvalue weighted by atomic mass is 10.1. The molecule has 0 bridgehead atoms. The Hall–Kier alpha value is -1.04. The third-order valence-electron chi connectivity index (χ3n) is 1.26. The van der Waals surface area contributed by atoms with Gasteiger partial charge in [-0.2, -0.15) is 5.26 Å². The van der Waals surface area contributed by atoms with Gasteiger partial charge in [0, 0.05) is 26.4 Å². The fraction of sp³-hybridized carbons (Fsp3) is 0.714. The number of hydrogen-bond donors (Lipinski definition) is 0. The Balaban J connectivity index is 3.85. The van der Waals surface area contributed by atoms with Crippen molar-refractivity contribution < 1.29 is 4.79 Å². The van der Waals surface area contributed by atoms with Crippen LogP contribution >= 0.6 is 0 Å². The van der Waals surface area contributed by atoms with Crippen LogP contribution in [0.2, 0.25) is 0 Å². The fourth-order valence-corrected chi connectivity index (χ4v) is 0.665. The van der Waals surface area contributed by atoms with E-state index in [1.54, 1.807) is 21.0 Å². The molecule has 0 saturated heterocycles. The second-order valence-electron chi connectivity index (χ2n) is 2.50. The molecule has 0 aliphatic heterocycles. The Morgan fingerprint density at radius 3 is 2.50 bits per heavy atom. The predicted molar refractivity (Wildman–Crippen MR) is 38.1 cm³/mol. The summed E-state index contributed by atoms with van der Waals surface area (Å²) in [5, 5.41) is 8.25. The zero-order valence-electron chi connectivity index (χ0n) is 6.59. The highest BCUT2D eigenvalue weighted by Crippen LogP contribution is 2.02. The van der Waals surface area contributed by atoms with Crippen LogP contribution in [0.1, 0.15) is 13.3 Å². The first kappa shape index (κ1) is 8.96. The second kappa shape index (κ2) is 3.89. The topological polar surface area (TPSA) is 44.1 Å². The maximum Gasteiger partial charge on any atom is 0.225 e. The summed E-state index contributed by atoms with van der Waals surface area (Å²) in [7, 11) is 3.38. The molecule has 0 aromatic heterocycles. The summed E-state index contributed by atoms with van der Waals surface area (Å²) in [6, 6.07) is 1.96. The first-order chi connectivity index (χ1) is 4.59. The van der Waals surface area contributed by atoms with Gasteiger partial charge in [-0.05, 0) is 0 Å². The molecule has 1 atom stereocenters. The quantitative estimate of drug-likeness (QED) is 0.564. The van der Waals surface area contributed by atoms with Crippen LogP contribution in [0.25, 0.3) is 0 Å². The number of nitrogens with zero attached hydrogens (tertiary/aromatic N) is 2. The van der Waals surface area contributed by atoms with E-state index in [1.165, 1.54) is 4.90 Å². The van der Waals surface area contributed by atoms with E-state index in [9.17, 15) is 4.79 Å². The van der Waals surface area contributed by atoms with Crippen LogP contribution in [-0.2, 0) is 4.79 Å². The number of nitriles is 1. The molecule has 1 amide bonds. The summed E-state index contributed by atoms with van der Waals surface area (Å²) < 4.78 is 0. The summed E-state index contributed by atoms with van der Waals surface area (Å²) >= 11 is 0. The Morgan fingerprint density at radius 2 is 2.20 bits per heavy atom. The number of rotatable bonds is 2. The maximum atomic E-state index is 11.0. The molecule has 10 heavy (non-hydrogen) atoms. The molecular formula is C7H12N2O. The van der Waals surface area contributed by atoms with Gasteiger partial charge >= 0.3 is 0 Å². The average molecular weight is 140 g/mol. The summed E-state index contributed by atoms with van der Waals surface area (Å²) in [6.07, 6.45) is 0.303. The molecule has 0 aliphatic carbocycles. The minimum absolute atomic E-state index is 0.0153. The Kier molecular flexibility index (Phi) is 3.48. The Morgan fingerprint density at radius 1 is 1.70 bits per heavy atom. The van der Waals surface area contributed by atoms with E-state index in [1.807, 2.05) is 6.07 Å². The van der Waals surface area contributed by atoms with Crippen LogP contribution < -0.4 is 0 Å². The van der Waals surface area contributed by atoms with Crippen LogP contribution in [0, 0.1) is 17.2 Å². The van der Waals surface area contributed by atoms with Gasteiger partial charge < -0.3 is 4.90 Å². The molecule has 56 valence electrons. The fourth-order valence-electron chi connectivity index (χ4n) is 0.665. The lowest BCUT2D eigenvalue weighted by molar-refractivity contribution is -0.132. The number of carbonyl (C=O) groups is 1. The van der Waals surface area contributed by atoms with Crippen molar-refractivity contribution in [1.82, 2.24) is 4.90 Å². The first-order valence-electron chi connectivity index (χ1n) is 3.17. The van der Waals surface area contributed by atoms with E-state index >= 15 is 0 Å². The van der Waals surface area contributed by atoms with Crippen LogP contribution in [0.5, 0.6) is 0 Å². The highest BCUT2D eigenvalue weighted by atomic mass is 16.2. The lowest BCUT2D eigenvalue weighted by Gasteiger charge is -2.13. The van der Waals surface area contributed by atoms with Crippen molar-refractivity contribution in [1.29, 1.82) is 5.26 Å². The van der Waals surface area contributed by atoms with E-state index in [0.717, 1.165) is 0 Å². The molecule has 0 rings (SSSR count). The van der Waals surface area contributed by atoms with E-state index in [4.69, 9.17) is 5.26 Å². The van der Waals surface area contributed by atoms with Crippen molar-refractivity contribution >= 4 is 5.91 Å². The third kappa shape index (κ3) is 2.49. The molecule has 0 heterocycles. The van der Waals surface area contributed by atoms with Crippen molar-refractivity contribution in [3.63, 3.8) is 0 Å². The summed E-state index contributed by atoms with van der Waals surface area (Å²) in [4.78, 5) is 12.5. The smallest absolute Gasteiger partial charge is 0.225 e. The molecular weight excluding hydrogens is 128 g/mol. The Bertz CT molecular complexity index is 157. The molecule has 0 aliphatic rings. The second-order valence-corrected chi connectivity index (χ2v) is 2.50. The van der Waals surface area contributed by atoms with Crippen molar-refractivity contribution in [2.75, 3.05) is 14.1 Å². The van der Waals surface area contributed by atoms with Crippen LogP contribution in [0.3, 0.4) is 0 Å². The SMILES string of the molecule is CC(CC#N)C(=O)N(C)C. The number of hydrogen-bond acceptors (Lipinski definition) is 2. The molecule has 0 aromatic carbocycles. The van der Waals surface area contributed by atoms with Gasteiger partial charge in [-0.3, -0.25) is 4.79 Å². The zero-order valence-corrected chi connectivity index (χ0v) is 6.59. The summed E-state index contributed by atoms with van der Waals surface area (Å²) in [5.74, 6) is -0.151. The average Bonchev–Trinajstić information content (AvgIpc) is 1.87. The van der Waals surface area contributed by atoms with Crippen LogP contribution in [0.4, 0.5) is 0 Å². The van der Waals surface area contributed by atoms with Gasteiger partial charge in [0.1, 0.15) is 0 Å². The van der Waals surface area contributed by atoms with E-state index in [-0.39, 0.29) is 11.8 Å². The number of amides is 1. The minimum atomic E-state index is -0.167. The molecule has 0 saturated carbocycles. The van der Waals surface area contributed by atoms with Gasteiger partial charge in [0.2, 0.25) is 5.91 Å². The third-order valence-corrected chi connectivity index (χ3v) is 1.26. The highest BCUT2D eigenvalue weighted by Gasteiger charge is 2.13. The predicted octanol–water partition coefficient (Wildman–Crippen LogP) is 0.624. The van der Waals surface area contributed by atoms with Gasteiger partial charge in [0.05, 0.1) is 6.07 Å². The van der Waals surface area contributed by atoms with Gasteiger partial charge in [0.25, 0.3) is 0 Å². The standard InChI is InChI=1S/C7H12N2O/c1-6(4-5-8)7(10)9(2)3/h6H,4H2,1-3H3. The normalized spacial score (nSPS) is 11.8. The summed E-state index contributed by atoms with van der Waals surface area (Å²) in [6.45, 7) is 1.76. The monoisotopic (exact) mass is 140 g/mol. The van der Waals surface area contributed by atoms with E-state index in [2.05, 4.69) is 0 Å². The molecule has 3 heteroatoms. The molecule has 0 spiro atoms. The van der Waals surface area contributed by atoms with E-state index < -0.39 is 0 Å². The molecule has 0 N–H and O–H groups in total. The molecule has 3 nitrogen and oxygen atoms in total. The first-order valence-corrected chi connectivity index (χ1v) is 3.17. The van der Waals surface area contributed by atoms with Crippen molar-refractivity contribution in [3.8, 4) is 6.07 Å². The minimum Gasteiger partial charge on any atom is -0.349 e. The van der Waals surface area contributed by atoms with Gasteiger partial charge in [0.15, 0.2) is 0 Å². The van der Waals surface area contributed by atoms with Crippen molar-refractivity contribution in [2.45, 2.75) is 13.3 Å². The van der Waals surface area contributed by atoms with Crippen molar-refractivity contribution in [3.05, 3.63) is 0 Å². The molecule has 0 radical (unpaired) electrons. The lowest BCUT2D eigenvalue weighted by Crippen LogP contribution is -2.27. The van der Waals surface area contributed by atoms with Crippen LogP contribution in [0.15, 0.2) is 0 Å². The maximum absolute atomic E-state index is 11.0. The van der Waals surface area contributed by atoms with Crippen molar-refractivity contribution in [2.24, 2.45) is 5.92 Å². The largest absolute Gasteiger partial charge is 0.349 e. The molecule has 1 unspecified atom stereocenters. The number of carbonyl (C=O) groups excluding carboxylic acids is 1. The molecule has 0 fully saturated rings. The van der Waals surface area contributed by atoms with Crippen LogP contribution in [-0.4, -0.2) is 24.9 Å².